The summed E-state index contributed by atoms with van der Waals surface area (Å²) in [4.78, 5) is 29.2. The molecule has 0 unspecified atom stereocenters. The topological polar surface area (TPSA) is 65.8 Å². The monoisotopic (exact) mass is 435 g/mol. The van der Waals surface area contributed by atoms with Crippen molar-refractivity contribution in [3.05, 3.63) is 83.6 Å². The molecule has 2 aromatic carbocycles. The molecule has 7 heteroatoms. The van der Waals surface area contributed by atoms with E-state index in [1.807, 2.05) is 43.3 Å². The largest absolute Gasteiger partial charge is 0.459 e. The Morgan fingerprint density at radius 1 is 1.06 bits per heavy atom. The molecule has 1 aromatic heterocycles. The first kappa shape index (κ1) is 21.6. The summed E-state index contributed by atoms with van der Waals surface area (Å²) in [6.07, 6.45) is 3.22. The van der Waals surface area contributed by atoms with E-state index in [1.54, 1.807) is 23.1 Å². The van der Waals surface area contributed by atoms with Crippen molar-refractivity contribution in [2.24, 2.45) is 5.92 Å². The standard InChI is InChI=1S/C25H26FN3O3/c1-28(2)22-11-10-21(27-24(30)23-7-4-12-32-23)14-19(22)16-29(25(31)18-8-9-18)15-17-5-3-6-20(26)13-17/h3-7,10-14,18H,8-9,15-16H2,1-2H3,(H,27,30). The van der Waals surface area contributed by atoms with Gasteiger partial charge in [-0.05, 0) is 66.4 Å². The Balaban J connectivity index is 1.60. The maximum atomic E-state index is 13.7. The lowest BCUT2D eigenvalue weighted by Gasteiger charge is -2.26. The fraction of sp³-hybridized carbons (Fsp3) is 0.280. The summed E-state index contributed by atoms with van der Waals surface area (Å²) in [5.74, 6) is -0.334. The number of amides is 2. The molecule has 0 aliphatic heterocycles. The van der Waals surface area contributed by atoms with Crippen molar-refractivity contribution in [1.82, 2.24) is 4.90 Å². The van der Waals surface area contributed by atoms with Gasteiger partial charge in [0.1, 0.15) is 5.82 Å². The average molecular weight is 435 g/mol. The Hall–Kier alpha value is -3.61. The third-order valence-corrected chi connectivity index (χ3v) is 5.43. The van der Waals surface area contributed by atoms with Crippen LogP contribution in [0.5, 0.6) is 0 Å². The number of furan rings is 1. The maximum absolute atomic E-state index is 13.7. The van der Waals surface area contributed by atoms with Crippen LogP contribution in [0.15, 0.2) is 65.3 Å². The van der Waals surface area contributed by atoms with Gasteiger partial charge in [0.2, 0.25) is 5.91 Å². The number of hydrogen-bond acceptors (Lipinski definition) is 4. The molecule has 32 heavy (non-hydrogen) atoms. The minimum Gasteiger partial charge on any atom is -0.459 e. The van der Waals surface area contributed by atoms with Gasteiger partial charge in [-0.3, -0.25) is 9.59 Å². The number of anilines is 2. The summed E-state index contributed by atoms with van der Waals surface area (Å²) < 4.78 is 18.9. The normalized spacial score (nSPS) is 13.0. The summed E-state index contributed by atoms with van der Waals surface area (Å²) >= 11 is 0. The van der Waals surface area contributed by atoms with Crippen LogP contribution in [0, 0.1) is 11.7 Å². The van der Waals surface area contributed by atoms with Crippen LogP contribution >= 0.6 is 0 Å². The highest BCUT2D eigenvalue weighted by Gasteiger charge is 2.33. The first-order valence-electron chi connectivity index (χ1n) is 10.6. The summed E-state index contributed by atoms with van der Waals surface area (Å²) in [5, 5.41) is 2.84. The predicted octanol–water partition coefficient (Wildman–Crippen LogP) is 4.68. The molecule has 0 spiro atoms. The Morgan fingerprint density at radius 2 is 1.88 bits per heavy atom. The van der Waals surface area contributed by atoms with Gasteiger partial charge in [0.25, 0.3) is 5.91 Å². The summed E-state index contributed by atoms with van der Waals surface area (Å²) in [7, 11) is 3.86. The molecule has 1 aliphatic carbocycles. The van der Waals surface area contributed by atoms with E-state index in [0.717, 1.165) is 29.7 Å². The number of hydrogen-bond donors (Lipinski definition) is 1. The van der Waals surface area contributed by atoms with Crippen molar-refractivity contribution < 1.29 is 18.4 Å². The highest BCUT2D eigenvalue weighted by atomic mass is 19.1. The molecule has 1 aliphatic rings. The van der Waals surface area contributed by atoms with E-state index in [0.29, 0.717) is 18.8 Å². The van der Waals surface area contributed by atoms with Gasteiger partial charge in [-0.15, -0.1) is 0 Å². The zero-order chi connectivity index (χ0) is 22.7. The molecule has 1 heterocycles. The predicted molar refractivity (Wildman–Crippen MR) is 121 cm³/mol. The van der Waals surface area contributed by atoms with Gasteiger partial charge in [-0.25, -0.2) is 4.39 Å². The van der Waals surface area contributed by atoms with Crippen molar-refractivity contribution in [2.75, 3.05) is 24.3 Å². The molecular weight excluding hydrogens is 409 g/mol. The Bertz CT molecular complexity index is 1110. The number of rotatable bonds is 8. The van der Waals surface area contributed by atoms with Crippen LogP contribution < -0.4 is 10.2 Å². The van der Waals surface area contributed by atoms with Crippen molar-refractivity contribution in [3.8, 4) is 0 Å². The third kappa shape index (κ3) is 5.17. The minimum atomic E-state index is -0.343. The molecule has 0 bridgehead atoms. The fourth-order valence-corrected chi connectivity index (χ4v) is 3.69. The molecule has 0 atom stereocenters. The third-order valence-electron chi connectivity index (χ3n) is 5.43. The van der Waals surface area contributed by atoms with Gasteiger partial charge in [0, 0.05) is 44.5 Å². The number of benzene rings is 2. The number of nitrogens with zero attached hydrogens (tertiary/aromatic N) is 2. The zero-order valence-electron chi connectivity index (χ0n) is 18.2. The van der Waals surface area contributed by atoms with Crippen LogP contribution in [0.2, 0.25) is 0 Å². The van der Waals surface area contributed by atoms with Crippen molar-refractivity contribution in [1.29, 1.82) is 0 Å². The van der Waals surface area contributed by atoms with Gasteiger partial charge >= 0.3 is 0 Å². The Kier molecular flexibility index (Phi) is 6.25. The second-order valence-electron chi connectivity index (χ2n) is 8.27. The second-order valence-corrected chi connectivity index (χ2v) is 8.27. The summed E-state index contributed by atoms with van der Waals surface area (Å²) in [6.45, 7) is 0.673. The van der Waals surface area contributed by atoms with Crippen LogP contribution in [-0.4, -0.2) is 30.8 Å². The minimum absolute atomic E-state index is 0.0354. The van der Waals surface area contributed by atoms with E-state index in [-0.39, 0.29) is 29.3 Å². The van der Waals surface area contributed by atoms with Gasteiger partial charge in [0.05, 0.1) is 6.26 Å². The number of carbonyl (C=O) groups excluding carboxylic acids is 2. The molecule has 0 saturated heterocycles. The average Bonchev–Trinajstić information content (AvgIpc) is 3.46. The van der Waals surface area contributed by atoms with Gasteiger partial charge < -0.3 is 19.5 Å². The molecule has 0 radical (unpaired) electrons. The van der Waals surface area contributed by atoms with Gasteiger partial charge in [0.15, 0.2) is 5.76 Å². The quantitative estimate of drug-likeness (QED) is 0.558. The lowest BCUT2D eigenvalue weighted by atomic mass is 10.1. The van der Waals surface area contributed by atoms with Crippen LogP contribution in [0.1, 0.15) is 34.5 Å². The Morgan fingerprint density at radius 3 is 2.53 bits per heavy atom. The van der Waals surface area contributed by atoms with Crippen molar-refractivity contribution in [2.45, 2.75) is 25.9 Å². The molecule has 166 valence electrons. The maximum Gasteiger partial charge on any atom is 0.291 e. The lowest BCUT2D eigenvalue weighted by Crippen LogP contribution is -2.32. The SMILES string of the molecule is CN(C)c1ccc(NC(=O)c2ccco2)cc1CN(Cc1cccc(F)c1)C(=O)C1CC1. The molecule has 3 aromatic rings. The summed E-state index contributed by atoms with van der Waals surface area (Å²) in [5.41, 5.74) is 3.18. The number of nitrogens with one attached hydrogen (secondary N) is 1. The molecule has 1 fully saturated rings. The second kappa shape index (κ2) is 9.26. The van der Waals surface area contributed by atoms with Crippen LogP contribution in [0.25, 0.3) is 0 Å². The number of carbonyl (C=O) groups is 2. The van der Waals surface area contributed by atoms with Crippen LogP contribution in [0.3, 0.4) is 0 Å². The molecule has 4 rings (SSSR count). The fourth-order valence-electron chi connectivity index (χ4n) is 3.69. The smallest absolute Gasteiger partial charge is 0.291 e. The van der Waals surface area contributed by atoms with Crippen molar-refractivity contribution in [3.63, 3.8) is 0 Å². The lowest BCUT2D eigenvalue weighted by molar-refractivity contribution is -0.133. The van der Waals surface area contributed by atoms with E-state index < -0.39 is 0 Å². The molecule has 2 amide bonds. The summed E-state index contributed by atoms with van der Waals surface area (Å²) in [6, 6.07) is 15.2. The van der Waals surface area contributed by atoms with Crippen LogP contribution in [0.4, 0.5) is 15.8 Å². The molecule has 1 N–H and O–H groups in total. The van der Waals surface area contributed by atoms with Crippen LogP contribution in [-0.2, 0) is 17.9 Å². The highest BCUT2D eigenvalue weighted by molar-refractivity contribution is 6.02. The number of halogens is 1. The molecule has 6 nitrogen and oxygen atoms in total. The first-order valence-corrected chi connectivity index (χ1v) is 10.6. The van der Waals surface area contributed by atoms with E-state index in [9.17, 15) is 14.0 Å². The molecule has 1 saturated carbocycles. The highest BCUT2D eigenvalue weighted by Crippen LogP contribution is 2.33. The first-order chi connectivity index (χ1) is 15.4. The Labute approximate surface area is 186 Å². The molecular formula is C25H26FN3O3. The van der Waals surface area contributed by atoms with Gasteiger partial charge in [-0.1, -0.05) is 12.1 Å². The van der Waals surface area contributed by atoms with E-state index in [4.69, 9.17) is 4.42 Å². The van der Waals surface area contributed by atoms with Crippen molar-refractivity contribution >= 4 is 23.2 Å². The van der Waals surface area contributed by atoms with E-state index >= 15 is 0 Å². The van der Waals surface area contributed by atoms with E-state index in [1.165, 1.54) is 18.4 Å². The van der Waals surface area contributed by atoms with E-state index in [2.05, 4.69) is 5.32 Å². The van der Waals surface area contributed by atoms with Gasteiger partial charge in [-0.2, -0.15) is 0 Å². The zero-order valence-corrected chi connectivity index (χ0v) is 18.2.